The molecule has 0 amide bonds. The van der Waals surface area contributed by atoms with Gasteiger partial charge in [-0.15, -0.1) is 0 Å². The lowest BCUT2D eigenvalue weighted by Gasteiger charge is -2.47. The summed E-state index contributed by atoms with van der Waals surface area (Å²) in [6.07, 6.45) is 8.31. The third kappa shape index (κ3) is 4.48. The molecule has 1 nitrogen and oxygen atoms in total. The maximum atomic E-state index is 3.71. The van der Waals surface area contributed by atoms with E-state index in [1.54, 1.807) is 0 Å². The van der Waals surface area contributed by atoms with Gasteiger partial charge in [-0.05, 0) is 61.3 Å². The van der Waals surface area contributed by atoms with Gasteiger partial charge < -0.3 is 5.32 Å². The molecule has 0 spiro atoms. The van der Waals surface area contributed by atoms with Crippen LogP contribution in [0.3, 0.4) is 0 Å². The first-order chi connectivity index (χ1) is 8.85. The van der Waals surface area contributed by atoms with Gasteiger partial charge in [0, 0.05) is 6.54 Å². The minimum absolute atomic E-state index is 0.498. The van der Waals surface area contributed by atoms with Crippen LogP contribution in [-0.4, -0.2) is 13.1 Å². The maximum Gasteiger partial charge on any atom is 0.00104 e. The molecule has 1 unspecified atom stereocenters. The first kappa shape index (κ1) is 17.0. The van der Waals surface area contributed by atoms with E-state index < -0.39 is 0 Å². The summed E-state index contributed by atoms with van der Waals surface area (Å²) in [5.41, 5.74) is 1.07. The highest BCUT2D eigenvalue weighted by Crippen LogP contribution is 2.49. The molecular formula is C18H37N. The van der Waals surface area contributed by atoms with Crippen LogP contribution in [0.4, 0.5) is 0 Å². The van der Waals surface area contributed by atoms with Crippen molar-refractivity contribution in [3.63, 3.8) is 0 Å². The number of rotatable bonds is 6. The standard InChI is InChI=1S/C18H37N/c1-7-13-19-14-18(15(3)8-2)11-9-16(10-12-18)17(4,5)6/h15-16,19H,7-14H2,1-6H3. The van der Waals surface area contributed by atoms with E-state index in [9.17, 15) is 0 Å². The van der Waals surface area contributed by atoms with E-state index in [1.807, 2.05) is 0 Å². The predicted molar refractivity (Wildman–Crippen MR) is 86.5 cm³/mol. The van der Waals surface area contributed by atoms with Gasteiger partial charge in [-0.1, -0.05) is 48.0 Å². The molecule has 0 aliphatic heterocycles. The third-order valence-corrected chi connectivity index (χ3v) is 5.77. The maximum absolute atomic E-state index is 3.71. The molecular weight excluding hydrogens is 230 g/mol. The molecule has 0 radical (unpaired) electrons. The van der Waals surface area contributed by atoms with Gasteiger partial charge >= 0.3 is 0 Å². The Hall–Kier alpha value is -0.0400. The molecule has 0 aromatic rings. The zero-order valence-electron chi connectivity index (χ0n) is 14.3. The van der Waals surface area contributed by atoms with Crippen molar-refractivity contribution < 1.29 is 0 Å². The fourth-order valence-electron chi connectivity index (χ4n) is 3.85. The number of hydrogen-bond donors (Lipinski definition) is 1. The lowest BCUT2D eigenvalue weighted by molar-refractivity contribution is 0.0436. The molecule has 19 heavy (non-hydrogen) atoms. The van der Waals surface area contributed by atoms with Crippen molar-refractivity contribution in [3.8, 4) is 0 Å². The van der Waals surface area contributed by atoms with Crippen molar-refractivity contribution in [1.82, 2.24) is 5.32 Å². The Morgan fingerprint density at radius 1 is 1.16 bits per heavy atom. The second-order valence-corrected chi connectivity index (χ2v) is 7.99. The van der Waals surface area contributed by atoms with Gasteiger partial charge in [-0.25, -0.2) is 0 Å². The van der Waals surface area contributed by atoms with Crippen LogP contribution < -0.4 is 5.32 Å². The summed E-state index contributed by atoms with van der Waals surface area (Å²) in [7, 11) is 0. The summed E-state index contributed by atoms with van der Waals surface area (Å²) in [6.45, 7) is 16.8. The molecule has 1 fully saturated rings. The minimum Gasteiger partial charge on any atom is -0.316 e. The molecule has 1 aliphatic rings. The van der Waals surface area contributed by atoms with Gasteiger partial charge in [-0.2, -0.15) is 0 Å². The second kappa shape index (κ2) is 7.11. The van der Waals surface area contributed by atoms with E-state index in [2.05, 4.69) is 46.9 Å². The van der Waals surface area contributed by atoms with Crippen LogP contribution in [0.15, 0.2) is 0 Å². The van der Waals surface area contributed by atoms with Crippen molar-refractivity contribution in [2.45, 2.75) is 80.1 Å². The van der Waals surface area contributed by atoms with Gasteiger partial charge in [0.25, 0.3) is 0 Å². The van der Waals surface area contributed by atoms with E-state index in [-0.39, 0.29) is 0 Å². The average Bonchev–Trinajstić information content (AvgIpc) is 2.37. The molecule has 1 atom stereocenters. The summed E-state index contributed by atoms with van der Waals surface area (Å²) in [5, 5.41) is 3.71. The minimum atomic E-state index is 0.498. The lowest BCUT2D eigenvalue weighted by Crippen LogP contribution is -2.44. The molecule has 0 aromatic carbocycles. The molecule has 1 N–H and O–H groups in total. The number of hydrogen-bond acceptors (Lipinski definition) is 1. The normalized spacial score (nSPS) is 30.3. The van der Waals surface area contributed by atoms with Crippen LogP contribution in [0.1, 0.15) is 80.1 Å². The molecule has 1 saturated carbocycles. The van der Waals surface area contributed by atoms with Gasteiger partial charge in [0.05, 0.1) is 0 Å². The number of nitrogens with one attached hydrogen (secondary N) is 1. The highest BCUT2D eigenvalue weighted by molar-refractivity contribution is 4.93. The monoisotopic (exact) mass is 267 g/mol. The molecule has 0 saturated heterocycles. The molecule has 114 valence electrons. The molecule has 1 aliphatic carbocycles. The van der Waals surface area contributed by atoms with E-state index in [0.29, 0.717) is 10.8 Å². The van der Waals surface area contributed by atoms with Crippen LogP contribution in [0, 0.1) is 22.7 Å². The first-order valence-electron chi connectivity index (χ1n) is 8.56. The van der Waals surface area contributed by atoms with Gasteiger partial charge in [-0.3, -0.25) is 0 Å². The molecule has 1 heteroatoms. The SMILES string of the molecule is CCCNCC1(C(C)CC)CCC(C(C)(C)C)CC1. The summed E-state index contributed by atoms with van der Waals surface area (Å²) >= 11 is 0. The van der Waals surface area contributed by atoms with Crippen molar-refractivity contribution in [2.75, 3.05) is 13.1 Å². The van der Waals surface area contributed by atoms with Crippen LogP contribution in [0.2, 0.25) is 0 Å². The van der Waals surface area contributed by atoms with Crippen LogP contribution in [0.5, 0.6) is 0 Å². The van der Waals surface area contributed by atoms with Crippen LogP contribution >= 0.6 is 0 Å². The summed E-state index contributed by atoms with van der Waals surface area (Å²) in [6, 6.07) is 0. The largest absolute Gasteiger partial charge is 0.316 e. The molecule has 0 heterocycles. The zero-order chi connectivity index (χ0) is 14.5. The van der Waals surface area contributed by atoms with Crippen molar-refractivity contribution >= 4 is 0 Å². The van der Waals surface area contributed by atoms with E-state index in [1.165, 1.54) is 51.6 Å². The van der Waals surface area contributed by atoms with Gasteiger partial charge in [0.1, 0.15) is 0 Å². The summed E-state index contributed by atoms with van der Waals surface area (Å²) in [5.74, 6) is 1.79. The van der Waals surface area contributed by atoms with E-state index in [4.69, 9.17) is 0 Å². The van der Waals surface area contributed by atoms with Crippen molar-refractivity contribution in [1.29, 1.82) is 0 Å². The molecule has 0 aromatic heterocycles. The first-order valence-corrected chi connectivity index (χ1v) is 8.56. The summed E-state index contributed by atoms with van der Waals surface area (Å²) < 4.78 is 0. The second-order valence-electron chi connectivity index (χ2n) is 7.99. The van der Waals surface area contributed by atoms with Crippen molar-refractivity contribution in [2.24, 2.45) is 22.7 Å². The van der Waals surface area contributed by atoms with Crippen molar-refractivity contribution in [3.05, 3.63) is 0 Å². The predicted octanol–water partition coefficient (Wildman–Crippen LogP) is 5.25. The Labute approximate surface area is 121 Å². The van der Waals surface area contributed by atoms with Gasteiger partial charge in [0.2, 0.25) is 0 Å². The van der Waals surface area contributed by atoms with Crippen LogP contribution in [0.25, 0.3) is 0 Å². The topological polar surface area (TPSA) is 12.0 Å². The van der Waals surface area contributed by atoms with Crippen LogP contribution in [-0.2, 0) is 0 Å². The third-order valence-electron chi connectivity index (χ3n) is 5.77. The highest BCUT2D eigenvalue weighted by atomic mass is 14.9. The Bertz CT molecular complexity index is 243. The Morgan fingerprint density at radius 3 is 2.16 bits per heavy atom. The molecule has 1 rings (SSSR count). The molecule has 0 bridgehead atoms. The Morgan fingerprint density at radius 2 is 1.74 bits per heavy atom. The quantitative estimate of drug-likeness (QED) is 0.648. The highest BCUT2D eigenvalue weighted by Gasteiger charge is 2.41. The fourth-order valence-corrected chi connectivity index (χ4v) is 3.85. The lowest BCUT2D eigenvalue weighted by atomic mass is 9.59. The van der Waals surface area contributed by atoms with E-state index >= 15 is 0 Å². The fraction of sp³-hybridized carbons (Fsp3) is 1.00. The smallest absolute Gasteiger partial charge is 0.00104 e. The zero-order valence-corrected chi connectivity index (χ0v) is 14.3. The summed E-state index contributed by atoms with van der Waals surface area (Å²) in [4.78, 5) is 0. The Kier molecular flexibility index (Phi) is 6.36. The average molecular weight is 268 g/mol. The van der Waals surface area contributed by atoms with Gasteiger partial charge in [0.15, 0.2) is 0 Å². The Balaban J connectivity index is 2.64. The van der Waals surface area contributed by atoms with E-state index in [0.717, 1.165) is 11.8 Å².